The van der Waals surface area contributed by atoms with Crippen LogP contribution in [0.25, 0.3) is 0 Å². The fraction of sp³-hybridized carbons (Fsp3) is 0.238. The number of esters is 1. The van der Waals surface area contributed by atoms with Crippen LogP contribution in [-0.4, -0.2) is 39.0 Å². The molecule has 12 heteroatoms. The second-order valence-electron chi connectivity index (χ2n) is 6.73. The van der Waals surface area contributed by atoms with Crippen molar-refractivity contribution in [3.63, 3.8) is 0 Å². The van der Waals surface area contributed by atoms with Gasteiger partial charge >= 0.3 is 11.7 Å². The first-order valence-corrected chi connectivity index (χ1v) is 10.6. The first-order chi connectivity index (χ1) is 15.7. The van der Waals surface area contributed by atoms with E-state index in [0.717, 1.165) is 11.3 Å². The number of rotatable bonds is 9. The summed E-state index contributed by atoms with van der Waals surface area (Å²) >= 11 is 0.985. The quantitative estimate of drug-likeness (QED) is 0.214. The molecule has 33 heavy (non-hydrogen) atoms. The van der Waals surface area contributed by atoms with Crippen molar-refractivity contribution in [3.05, 3.63) is 68.3 Å². The molecular weight excluding hydrogens is 452 g/mol. The van der Waals surface area contributed by atoms with Gasteiger partial charge in [-0.2, -0.15) is 5.10 Å². The Bertz CT molecular complexity index is 1230. The Labute approximate surface area is 192 Å². The molecule has 0 aliphatic carbocycles. The first kappa shape index (κ1) is 23.6. The number of amides is 1. The minimum Gasteiger partial charge on any atom is -0.464 e. The number of nitro groups is 1. The van der Waals surface area contributed by atoms with Crippen molar-refractivity contribution in [2.45, 2.75) is 27.5 Å². The van der Waals surface area contributed by atoms with Crippen LogP contribution in [0.1, 0.15) is 49.9 Å². The number of hydrogen-bond acceptors (Lipinski definition) is 9. The normalized spacial score (nSPS) is 10.5. The number of nitrogens with one attached hydrogen (secondary N) is 1. The monoisotopic (exact) mass is 472 g/mol. The predicted octanol–water partition coefficient (Wildman–Crippen LogP) is 3.83. The Kier molecular flexibility index (Phi) is 7.18. The highest BCUT2D eigenvalue weighted by molar-refractivity contribution is 7.18. The fourth-order valence-electron chi connectivity index (χ4n) is 2.97. The number of para-hydroxylation sites is 2. The van der Waals surface area contributed by atoms with Crippen LogP contribution in [0, 0.1) is 17.0 Å². The number of ketones is 1. The first-order valence-electron chi connectivity index (χ1n) is 9.75. The van der Waals surface area contributed by atoms with Crippen molar-refractivity contribution < 1.29 is 28.8 Å². The molecule has 0 bridgehead atoms. The summed E-state index contributed by atoms with van der Waals surface area (Å²) in [4.78, 5) is 47.9. The van der Waals surface area contributed by atoms with Gasteiger partial charge in [0.25, 0.3) is 5.91 Å². The Morgan fingerprint density at radius 2 is 1.97 bits per heavy atom. The molecule has 1 aromatic carbocycles. The Balaban J connectivity index is 1.76. The highest BCUT2D eigenvalue weighted by Crippen LogP contribution is 2.34. The van der Waals surface area contributed by atoms with Gasteiger partial charge in [-0.15, -0.1) is 11.3 Å². The third kappa shape index (κ3) is 5.23. The third-order valence-corrected chi connectivity index (χ3v) is 5.77. The van der Waals surface area contributed by atoms with Gasteiger partial charge in [0.15, 0.2) is 24.0 Å². The standard InChI is InChI=1S/C21H20N4O7S/c1-4-31-21(28)17-12(2)18(13(3)26)33-20(17)22-19(27)14-9-10-24(23-14)11-32-16-8-6-5-7-15(16)25(29)30/h5-10H,4,11H2,1-3H3,(H,22,27). The molecular formula is C21H20N4O7S. The lowest BCUT2D eigenvalue weighted by molar-refractivity contribution is -0.386. The SMILES string of the molecule is CCOC(=O)c1c(NC(=O)c2ccn(COc3ccccc3[N+](=O)[O-])n2)sc(C(C)=O)c1C. The number of carbonyl (C=O) groups excluding carboxylic acids is 3. The van der Waals surface area contributed by atoms with Gasteiger partial charge < -0.3 is 14.8 Å². The minimum atomic E-state index is -0.641. The van der Waals surface area contributed by atoms with Crippen LogP contribution in [0.15, 0.2) is 36.5 Å². The average molecular weight is 472 g/mol. The van der Waals surface area contributed by atoms with Gasteiger partial charge in [0, 0.05) is 12.3 Å². The summed E-state index contributed by atoms with van der Waals surface area (Å²) < 4.78 is 11.8. The minimum absolute atomic E-state index is 0.0198. The van der Waals surface area contributed by atoms with Crippen LogP contribution >= 0.6 is 11.3 Å². The number of anilines is 1. The molecule has 0 saturated heterocycles. The number of hydrogen-bond donors (Lipinski definition) is 1. The molecule has 0 aliphatic heterocycles. The summed E-state index contributed by atoms with van der Waals surface area (Å²) in [7, 11) is 0. The van der Waals surface area contributed by atoms with Crippen molar-refractivity contribution >= 4 is 39.7 Å². The van der Waals surface area contributed by atoms with Gasteiger partial charge in [-0.05, 0) is 38.5 Å². The van der Waals surface area contributed by atoms with E-state index in [-0.39, 0.29) is 46.8 Å². The average Bonchev–Trinajstić information content (AvgIpc) is 3.37. The lowest BCUT2D eigenvalue weighted by atomic mass is 10.1. The molecule has 172 valence electrons. The van der Waals surface area contributed by atoms with Crippen molar-refractivity contribution in [1.82, 2.24) is 9.78 Å². The third-order valence-electron chi connectivity index (χ3n) is 4.46. The number of ether oxygens (including phenoxy) is 2. The molecule has 2 aromatic heterocycles. The maximum Gasteiger partial charge on any atom is 0.341 e. The van der Waals surface area contributed by atoms with Gasteiger partial charge in [0.2, 0.25) is 0 Å². The van der Waals surface area contributed by atoms with Gasteiger partial charge in [-0.25, -0.2) is 9.48 Å². The zero-order valence-electron chi connectivity index (χ0n) is 18.0. The van der Waals surface area contributed by atoms with E-state index < -0.39 is 16.8 Å². The van der Waals surface area contributed by atoms with Gasteiger partial charge in [0.1, 0.15) is 5.00 Å². The number of benzene rings is 1. The summed E-state index contributed by atoms with van der Waals surface area (Å²) in [6.45, 7) is 4.62. The maximum absolute atomic E-state index is 12.7. The van der Waals surface area contributed by atoms with Gasteiger partial charge in [-0.3, -0.25) is 19.7 Å². The van der Waals surface area contributed by atoms with E-state index >= 15 is 0 Å². The molecule has 1 amide bonds. The van der Waals surface area contributed by atoms with E-state index in [4.69, 9.17) is 9.47 Å². The highest BCUT2D eigenvalue weighted by Gasteiger charge is 2.26. The number of thiophene rings is 1. The van der Waals surface area contributed by atoms with E-state index in [9.17, 15) is 24.5 Å². The summed E-state index contributed by atoms with van der Waals surface area (Å²) in [5, 5.41) is 18.0. The van der Waals surface area contributed by atoms with Crippen molar-refractivity contribution in [1.29, 1.82) is 0 Å². The molecule has 3 rings (SSSR count). The Morgan fingerprint density at radius 3 is 2.64 bits per heavy atom. The van der Waals surface area contributed by atoms with Crippen LogP contribution < -0.4 is 10.1 Å². The molecule has 11 nitrogen and oxygen atoms in total. The lowest BCUT2D eigenvalue weighted by Gasteiger charge is -2.07. The molecule has 1 N–H and O–H groups in total. The largest absolute Gasteiger partial charge is 0.464 e. The fourth-order valence-corrected chi connectivity index (χ4v) is 4.06. The van der Waals surface area contributed by atoms with E-state index in [2.05, 4.69) is 10.4 Å². The zero-order valence-corrected chi connectivity index (χ0v) is 18.8. The van der Waals surface area contributed by atoms with Gasteiger partial charge in [0.05, 0.1) is 22.0 Å². The zero-order chi connectivity index (χ0) is 24.1. The molecule has 0 spiro atoms. The summed E-state index contributed by atoms with van der Waals surface area (Å²) in [5.41, 5.74) is 0.388. The molecule has 2 heterocycles. The summed E-state index contributed by atoms with van der Waals surface area (Å²) in [6.07, 6.45) is 1.47. The number of carbonyl (C=O) groups is 3. The van der Waals surface area contributed by atoms with Crippen LogP contribution in [0.2, 0.25) is 0 Å². The topological polar surface area (TPSA) is 143 Å². The van der Waals surface area contributed by atoms with E-state index in [1.807, 2.05) is 0 Å². The van der Waals surface area contributed by atoms with Crippen LogP contribution in [0.5, 0.6) is 5.75 Å². The Hall–Kier alpha value is -4.06. The van der Waals surface area contributed by atoms with Gasteiger partial charge in [-0.1, -0.05) is 12.1 Å². The molecule has 0 atom stereocenters. The molecule has 0 aliphatic rings. The van der Waals surface area contributed by atoms with Crippen molar-refractivity contribution in [3.8, 4) is 5.75 Å². The number of Topliss-reactive ketones (excluding diaryl/α,β-unsaturated/α-hetero) is 1. The Morgan fingerprint density at radius 1 is 1.24 bits per heavy atom. The summed E-state index contributed by atoms with van der Waals surface area (Å²) in [6, 6.07) is 7.32. The highest BCUT2D eigenvalue weighted by atomic mass is 32.1. The number of nitrogens with zero attached hydrogens (tertiary/aromatic N) is 3. The lowest BCUT2D eigenvalue weighted by Crippen LogP contribution is -2.16. The smallest absolute Gasteiger partial charge is 0.341 e. The van der Waals surface area contributed by atoms with E-state index in [1.54, 1.807) is 19.9 Å². The van der Waals surface area contributed by atoms with Crippen LogP contribution in [0.4, 0.5) is 10.7 Å². The predicted molar refractivity (Wildman–Crippen MR) is 119 cm³/mol. The van der Waals surface area contributed by atoms with E-state index in [1.165, 1.54) is 42.1 Å². The second kappa shape index (κ2) is 10.0. The summed E-state index contributed by atoms with van der Waals surface area (Å²) in [5.74, 6) is -1.42. The molecule has 3 aromatic rings. The second-order valence-corrected chi connectivity index (χ2v) is 7.75. The maximum atomic E-state index is 12.7. The molecule has 0 radical (unpaired) electrons. The van der Waals surface area contributed by atoms with Crippen LogP contribution in [0.3, 0.4) is 0 Å². The van der Waals surface area contributed by atoms with E-state index in [0.29, 0.717) is 10.4 Å². The van der Waals surface area contributed by atoms with Crippen molar-refractivity contribution in [2.75, 3.05) is 11.9 Å². The van der Waals surface area contributed by atoms with Crippen LogP contribution in [-0.2, 0) is 11.5 Å². The van der Waals surface area contributed by atoms with Crippen molar-refractivity contribution in [2.24, 2.45) is 0 Å². The molecule has 0 unspecified atom stereocenters. The molecule has 0 saturated carbocycles. The number of nitro benzene ring substituents is 1. The number of aromatic nitrogens is 2. The molecule has 0 fully saturated rings.